The Hall–Kier alpha value is -0.580. The summed E-state index contributed by atoms with van der Waals surface area (Å²) in [5, 5.41) is 8.81. The van der Waals surface area contributed by atoms with Crippen LogP contribution in [0.1, 0.15) is 0 Å². The van der Waals surface area contributed by atoms with Gasteiger partial charge in [-0.25, -0.2) is 5.84 Å². The molecule has 0 bridgehead atoms. The molecule has 9 heavy (non-hydrogen) atoms. The van der Waals surface area contributed by atoms with Crippen LogP contribution in [0.15, 0.2) is 12.7 Å². The molecule has 0 saturated carbocycles. The summed E-state index contributed by atoms with van der Waals surface area (Å²) in [5.74, 6) is 4.40. The van der Waals surface area contributed by atoms with E-state index in [0.29, 0.717) is 5.01 Å². The first-order valence-electron chi connectivity index (χ1n) is 2.02. The van der Waals surface area contributed by atoms with E-state index in [9.17, 15) is 4.79 Å². The van der Waals surface area contributed by atoms with Crippen LogP contribution >= 0.6 is 12.4 Å². The van der Waals surface area contributed by atoms with Crippen LogP contribution in [0.5, 0.6) is 0 Å². The van der Waals surface area contributed by atoms with Crippen LogP contribution in [-0.2, 0) is 4.79 Å². The summed E-state index contributed by atoms with van der Waals surface area (Å²) in [4.78, 5) is 10.3. The second-order valence-electron chi connectivity index (χ2n) is 1.15. The number of rotatable bonds is 2. The Balaban J connectivity index is 0. The lowest BCUT2D eigenvalue weighted by Crippen LogP contribution is -2.36. The minimum absolute atomic E-state index is 0. The summed E-state index contributed by atoms with van der Waals surface area (Å²) in [6.07, 6.45) is 1.02. The third kappa shape index (κ3) is 3.96. The van der Waals surface area contributed by atoms with Crippen molar-refractivity contribution in [1.82, 2.24) is 5.01 Å². The molecule has 0 atom stereocenters. The van der Waals surface area contributed by atoms with Gasteiger partial charge in [-0.2, -0.15) is 0 Å². The Kier molecular flexibility index (Phi) is 6.94. The van der Waals surface area contributed by atoms with E-state index >= 15 is 0 Å². The molecule has 54 valence electrons. The average molecular weight is 153 g/mol. The van der Waals surface area contributed by atoms with Crippen molar-refractivity contribution in [3.8, 4) is 0 Å². The third-order valence-electron chi connectivity index (χ3n) is 0.610. The van der Waals surface area contributed by atoms with Crippen molar-refractivity contribution >= 4 is 18.3 Å². The number of aliphatic hydroxyl groups excluding tert-OH is 1. The Morgan fingerprint density at radius 2 is 2.33 bits per heavy atom. The van der Waals surface area contributed by atoms with Crippen molar-refractivity contribution in [2.45, 2.75) is 0 Å². The molecule has 4 nitrogen and oxygen atoms in total. The highest BCUT2D eigenvalue weighted by Crippen LogP contribution is 1.75. The van der Waals surface area contributed by atoms with Gasteiger partial charge >= 0.3 is 0 Å². The molecule has 3 N–H and O–H groups in total. The second kappa shape index (κ2) is 5.55. The summed E-state index contributed by atoms with van der Waals surface area (Å²) in [6.45, 7) is 2.67. The molecule has 0 fully saturated rings. The SMILES string of the molecule is C=CC(=O)N(N)CO.Cl. The van der Waals surface area contributed by atoms with Crippen LogP contribution in [0.25, 0.3) is 0 Å². The predicted octanol–water partition coefficient (Wildman–Crippen LogP) is -0.754. The van der Waals surface area contributed by atoms with Gasteiger partial charge in [0, 0.05) is 0 Å². The number of carbonyl (C=O) groups is 1. The number of carbonyl (C=O) groups excluding carboxylic acids is 1. The molecule has 0 aromatic carbocycles. The fourth-order valence-corrected chi connectivity index (χ4v) is 0.187. The molecule has 0 saturated heterocycles. The topological polar surface area (TPSA) is 66.6 Å². The zero-order valence-corrected chi connectivity index (χ0v) is 5.60. The minimum Gasteiger partial charge on any atom is -0.375 e. The zero-order chi connectivity index (χ0) is 6.57. The maximum atomic E-state index is 10.3. The van der Waals surface area contributed by atoms with Gasteiger partial charge in [-0.15, -0.1) is 12.4 Å². The maximum Gasteiger partial charge on any atom is 0.261 e. The van der Waals surface area contributed by atoms with Gasteiger partial charge in [0.1, 0.15) is 6.73 Å². The highest BCUT2D eigenvalue weighted by atomic mass is 35.5. The van der Waals surface area contributed by atoms with E-state index in [1.807, 2.05) is 0 Å². The molecule has 0 aromatic heterocycles. The fraction of sp³-hybridized carbons (Fsp3) is 0.250. The van der Waals surface area contributed by atoms with Crippen LogP contribution < -0.4 is 5.84 Å². The van der Waals surface area contributed by atoms with Crippen molar-refractivity contribution in [1.29, 1.82) is 0 Å². The minimum atomic E-state index is -0.493. The molecule has 0 spiro atoms. The normalized spacial score (nSPS) is 7.33. The molecule has 0 unspecified atom stereocenters. The molecule has 0 aromatic rings. The number of halogens is 1. The summed E-state index contributed by atoms with van der Waals surface area (Å²) in [6, 6.07) is 0. The molecule has 0 rings (SSSR count). The highest BCUT2D eigenvalue weighted by molar-refractivity contribution is 5.86. The van der Waals surface area contributed by atoms with E-state index in [2.05, 4.69) is 6.58 Å². The fourth-order valence-electron chi connectivity index (χ4n) is 0.187. The van der Waals surface area contributed by atoms with Crippen LogP contribution in [0.3, 0.4) is 0 Å². The van der Waals surface area contributed by atoms with Gasteiger partial charge < -0.3 is 5.11 Å². The summed E-state index contributed by atoms with van der Waals surface area (Å²) >= 11 is 0. The van der Waals surface area contributed by atoms with Gasteiger partial charge in [-0.3, -0.25) is 9.80 Å². The Morgan fingerprint density at radius 3 is 2.44 bits per heavy atom. The first kappa shape index (κ1) is 11.2. The number of aliphatic hydroxyl groups is 1. The van der Waals surface area contributed by atoms with E-state index < -0.39 is 12.6 Å². The Morgan fingerprint density at radius 1 is 1.89 bits per heavy atom. The summed E-state index contributed by atoms with van der Waals surface area (Å²) < 4.78 is 0. The summed E-state index contributed by atoms with van der Waals surface area (Å²) in [7, 11) is 0. The number of nitrogens with zero attached hydrogens (tertiary/aromatic N) is 1. The van der Waals surface area contributed by atoms with Crippen molar-refractivity contribution < 1.29 is 9.90 Å². The highest BCUT2D eigenvalue weighted by Gasteiger charge is 1.98. The molecule has 0 aliphatic carbocycles. The molecule has 0 radical (unpaired) electrons. The second-order valence-corrected chi connectivity index (χ2v) is 1.15. The first-order chi connectivity index (χ1) is 3.72. The Bertz CT molecular complexity index is 107. The largest absolute Gasteiger partial charge is 0.375 e. The van der Waals surface area contributed by atoms with Crippen LogP contribution in [0.4, 0.5) is 0 Å². The number of amides is 1. The van der Waals surface area contributed by atoms with Crippen molar-refractivity contribution in [3.63, 3.8) is 0 Å². The van der Waals surface area contributed by atoms with E-state index in [1.165, 1.54) is 0 Å². The van der Waals surface area contributed by atoms with Crippen molar-refractivity contribution in [2.75, 3.05) is 6.73 Å². The molecule has 0 heterocycles. The van der Waals surface area contributed by atoms with Crippen LogP contribution in [0.2, 0.25) is 0 Å². The van der Waals surface area contributed by atoms with Gasteiger partial charge in [-0.1, -0.05) is 6.58 Å². The van der Waals surface area contributed by atoms with Gasteiger partial charge in [-0.05, 0) is 6.08 Å². The van der Waals surface area contributed by atoms with E-state index in [-0.39, 0.29) is 12.4 Å². The van der Waals surface area contributed by atoms with Gasteiger partial charge in [0.25, 0.3) is 5.91 Å². The standard InChI is InChI=1S/C4H8N2O2.ClH/c1-2-4(8)6(5)3-7;/h2,7H,1,3,5H2;1H. The van der Waals surface area contributed by atoms with E-state index in [4.69, 9.17) is 10.9 Å². The molecular weight excluding hydrogens is 144 g/mol. The van der Waals surface area contributed by atoms with Crippen molar-refractivity contribution in [2.24, 2.45) is 5.84 Å². The zero-order valence-electron chi connectivity index (χ0n) is 4.78. The smallest absolute Gasteiger partial charge is 0.261 e. The lowest BCUT2D eigenvalue weighted by atomic mass is 10.6. The molecule has 0 aliphatic rings. The van der Waals surface area contributed by atoms with Gasteiger partial charge in [0.15, 0.2) is 0 Å². The molecule has 5 heteroatoms. The monoisotopic (exact) mass is 152 g/mol. The first-order valence-corrected chi connectivity index (χ1v) is 2.02. The van der Waals surface area contributed by atoms with E-state index in [0.717, 1.165) is 6.08 Å². The lowest BCUT2D eigenvalue weighted by Gasteiger charge is -2.07. The molecule has 0 aliphatic heterocycles. The quantitative estimate of drug-likeness (QED) is 0.180. The van der Waals surface area contributed by atoms with Crippen molar-refractivity contribution in [3.05, 3.63) is 12.7 Å². The average Bonchev–Trinajstić information content (AvgIpc) is 1.84. The number of nitrogens with two attached hydrogens (primary N) is 1. The van der Waals surface area contributed by atoms with Crippen LogP contribution in [0, 0.1) is 0 Å². The number of hydrogen-bond acceptors (Lipinski definition) is 3. The third-order valence-corrected chi connectivity index (χ3v) is 0.610. The Labute approximate surface area is 59.3 Å². The van der Waals surface area contributed by atoms with E-state index in [1.54, 1.807) is 0 Å². The predicted molar refractivity (Wildman–Crippen MR) is 35.6 cm³/mol. The number of hydrogen-bond donors (Lipinski definition) is 2. The molecular formula is C4H9ClN2O2. The number of hydrazine groups is 1. The van der Waals surface area contributed by atoms with Gasteiger partial charge in [0.05, 0.1) is 0 Å². The summed E-state index contributed by atoms with van der Waals surface area (Å²) in [5.41, 5.74) is 0. The lowest BCUT2D eigenvalue weighted by molar-refractivity contribution is -0.129. The van der Waals surface area contributed by atoms with Crippen LogP contribution in [-0.4, -0.2) is 22.8 Å². The van der Waals surface area contributed by atoms with Gasteiger partial charge in [0.2, 0.25) is 0 Å². The molecule has 1 amide bonds. The maximum absolute atomic E-state index is 10.3.